The lowest BCUT2D eigenvalue weighted by atomic mass is 10.1. The van der Waals surface area contributed by atoms with E-state index < -0.39 is 0 Å². The Hall–Kier alpha value is -1.77. The van der Waals surface area contributed by atoms with Crippen molar-refractivity contribution in [2.45, 2.75) is 60.3 Å². The molecule has 0 aliphatic carbocycles. The Morgan fingerprint density at radius 1 is 1.14 bits per heavy atom. The van der Waals surface area contributed by atoms with E-state index >= 15 is 0 Å². The van der Waals surface area contributed by atoms with Gasteiger partial charge in [0.1, 0.15) is 0 Å². The summed E-state index contributed by atoms with van der Waals surface area (Å²) in [5.74, 6) is -0.170. The molecule has 0 radical (unpaired) electrons. The van der Waals surface area contributed by atoms with Crippen molar-refractivity contribution in [2.24, 2.45) is 5.73 Å². The molecule has 0 aliphatic rings. The largest absolute Gasteiger partial charge is 0.466 e. The van der Waals surface area contributed by atoms with Crippen molar-refractivity contribution < 1.29 is 9.53 Å². The average molecular weight is 307 g/mol. The summed E-state index contributed by atoms with van der Waals surface area (Å²) in [4.78, 5) is 10.3. The quantitative estimate of drug-likeness (QED) is 0.589. The van der Waals surface area contributed by atoms with Gasteiger partial charge in [-0.1, -0.05) is 76.4 Å². The van der Waals surface area contributed by atoms with Gasteiger partial charge in [0.15, 0.2) is 0 Å². The molecule has 3 heteroatoms. The van der Waals surface area contributed by atoms with Crippen LogP contribution < -0.4 is 5.73 Å². The second kappa shape index (κ2) is 15.6. The number of aryl methyl sites for hydroxylation is 1. The molecule has 0 aromatic heterocycles. The van der Waals surface area contributed by atoms with Gasteiger partial charge in [-0.2, -0.15) is 0 Å². The van der Waals surface area contributed by atoms with Gasteiger partial charge in [-0.25, -0.2) is 0 Å². The lowest BCUT2D eigenvalue weighted by Gasteiger charge is -1.99. The maximum Gasteiger partial charge on any atom is 0.302 e. The molecular formula is C19H33NO2. The fourth-order valence-electron chi connectivity index (χ4n) is 1.51. The predicted molar refractivity (Wildman–Crippen MR) is 96.5 cm³/mol. The van der Waals surface area contributed by atoms with Gasteiger partial charge in [0.25, 0.3) is 0 Å². The molecule has 0 fully saturated rings. The van der Waals surface area contributed by atoms with E-state index in [0.717, 1.165) is 12.0 Å². The fourth-order valence-corrected chi connectivity index (χ4v) is 1.51. The fraction of sp³-hybridized carbons (Fsp3) is 0.526. The number of nitrogens with two attached hydrogens (primary N) is 1. The highest BCUT2D eigenvalue weighted by Gasteiger charge is 1.91. The van der Waals surface area contributed by atoms with Crippen LogP contribution in [0, 0.1) is 6.92 Å². The molecule has 0 atom stereocenters. The minimum Gasteiger partial charge on any atom is -0.466 e. The Balaban J connectivity index is 0. The number of hydrogen-bond donors (Lipinski definition) is 1. The van der Waals surface area contributed by atoms with Crippen molar-refractivity contribution in [1.29, 1.82) is 0 Å². The van der Waals surface area contributed by atoms with E-state index in [9.17, 15) is 4.79 Å². The maximum atomic E-state index is 10.3. The Morgan fingerprint density at radius 3 is 2.09 bits per heavy atom. The van der Waals surface area contributed by atoms with E-state index in [1.807, 2.05) is 45.0 Å². The van der Waals surface area contributed by atoms with Crippen LogP contribution in [-0.4, -0.2) is 12.6 Å². The molecule has 2 N–H and O–H groups in total. The van der Waals surface area contributed by atoms with Gasteiger partial charge >= 0.3 is 5.97 Å². The first kappa shape index (κ1) is 22.5. The highest BCUT2D eigenvalue weighted by molar-refractivity contribution is 5.65. The SMILES string of the molecule is C=C(N)c1ccc(C)cc1.CC.CCCCCCOC(C)=O. The molecule has 126 valence electrons. The van der Waals surface area contributed by atoms with E-state index in [1.54, 1.807) is 0 Å². The first-order valence-electron chi connectivity index (χ1n) is 8.12. The molecule has 0 spiro atoms. The zero-order valence-corrected chi connectivity index (χ0v) is 14.9. The number of ether oxygens (including phenoxy) is 1. The summed E-state index contributed by atoms with van der Waals surface area (Å²) in [6.07, 6.45) is 4.64. The van der Waals surface area contributed by atoms with Crippen LogP contribution in [0.2, 0.25) is 0 Å². The molecular weight excluding hydrogens is 274 g/mol. The van der Waals surface area contributed by atoms with Gasteiger partial charge in [-0.3, -0.25) is 4.79 Å². The summed E-state index contributed by atoms with van der Waals surface area (Å²) in [5.41, 5.74) is 8.34. The minimum absolute atomic E-state index is 0.170. The first-order valence-corrected chi connectivity index (χ1v) is 8.12. The highest BCUT2D eigenvalue weighted by Crippen LogP contribution is 2.07. The number of carbonyl (C=O) groups excluding carboxylic acids is 1. The normalized spacial score (nSPS) is 8.77. The summed E-state index contributed by atoms with van der Waals surface area (Å²) < 4.78 is 4.75. The van der Waals surface area contributed by atoms with E-state index in [2.05, 4.69) is 13.5 Å². The third-order valence-electron chi connectivity index (χ3n) is 2.73. The third-order valence-corrected chi connectivity index (χ3v) is 2.73. The van der Waals surface area contributed by atoms with Crippen LogP contribution in [0.5, 0.6) is 0 Å². The molecule has 0 aliphatic heterocycles. The molecule has 0 bridgehead atoms. The number of benzene rings is 1. The molecule has 0 saturated carbocycles. The van der Waals surface area contributed by atoms with Crippen molar-refractivity contribution >= 4 is 11.7 Å². The summed E-state index contributed by atoms with van der Waals surface area (Å²) in [6.45, 7) is 13.9. The Kier molecular flexibility index (Phi) is 16.0. The summed E-state index contributed by atoms with van der Waals surface area (Å²) in [7, 11) is 0. The van der Waals surface area contributed by atoms with E-state index in [0.29, 0.717) is 12.3 Å². The maximum absolute atomic E-state index is 10.3. The van der Waals surface area contributed by atoms with Crippen molar-refractivity contribution in [1.82, 2.24) is 0 Å². The van der Waals surface area contributed by atoms with Crippen molar-refractivity contribution in [3.8, 4) is 0 Å². The minimum atomic E-state index is -0.170. The van der Waals surface area contributed by atoms with Gasteiger partial charge in [0, 0.05) is 12.6 Å². The van der Waals surface area contributed by atoms with Crippen LogP contribution in [0.1, 0.15) is 64.5 Å². The van der Waals surface area contributed by atoms with E-state index in [1.165, 1.54) is 31.7 Å². The first-order chi connectivity index (χ1) is 10.5. The van der Waals surface area contributed by atoms with Crippen molar-refractivity contribution in [3.63, 3.8) is 0 Å². The van der Waals surface area contributed by atoms with Crippen LogP contribution in [0.15, 0.2) is 30.8 Å². The van der Waals surface area contributed by atoms with Crippen LogP contribution in [0.4, 0.5) is 0 Å². The zero-order chi connectivity index (χ0) is 17.4. The Labute approximate surface area is 136 Å². The second-order valence-corrected chi connectivity index (χ2v) is 4.79. The zero-order valence-electron chi connectivity index (χ0n) is 14.9. The molecule has 0 unspecified atom stereocenters. The lowest BCUT2D eigenvalue weighted by Crippen LogP contribution is -1.99. The van der Waals surface area contributed by atoms with Gasteiger partial charge < -0.3 is 10.5 Å². The summed E-state index contributed by atoms with van der Waals surface area (Å²) >= 11 is 0. The van der Waals surface area contributed by atoms with Gasteiger partial charge in [-0.05, 0) is 18.9 Å². The highest BCUT2D eigenvalue weighted by atomic mass is 16.5. The molecule has 0 heterocycles. The van der Waals surface area contributed by atoms with E-state index in [4.69, 9.17) is 10.5 Å². The number of carbonyl (C=O) groups is 1. The predicted octanol–water partition coefficient (Wildman–Crippen LogP) is 5.08. The topological polar surface area (TPSA) is 52.3 Å². The third kappa shape index (κ3) is 14.6. The number of esters is 1. The number of hydrogen-bond acceptors (Lipinski definition) is 3. The van der Waals surface area contributed by atoms with Gasteiger partial charge in [-0.15, -0.1) is 0 Å². The smallest absolute Gasteiger partial charge is 0.302 e. The monoisotopic (exact) mass is 307 g/mol. The molecule has 22 heavy (non-hydrogen) atoms. The van der Waals surface area contributed by atoms with Crippen LogP contribution in [0.3, 0.4) is 0 Å². The molecule has 0 amide bonds. The van der Waals surface area contributed by atoms with Crippen LogP contribution in [0.25, 0.3) is 5.70 Å². The molecule has 1 rings (SSSR count). The van der Waals surface area contributed by atoms with E-state index in [-0.39, 0.29) is 5.97 Å². The van der Waals surface area contributed by atoms with Gasteiger partial charge in [0.2, 0.25) is 0 Å². The lowest BCUT2D eigenvalue weighted by molar-refractivity contribution is -0.141. The second-order valence-electron chi connectivity index (χ2n) is 4.79. The van der Waals surface area contributed by atoms with Crippen molar-refractivity contribution in [2.75, 3.05) is 6.61 Å². The summed E-state index contributed by atoms with van der Waals surface area (Å²) in [5, 5.41) is 0. The van der Waals surface area contributed by atoms with Gasteiger partial charge in [0.05, 0.1) is 6.61 Å². The van der Waals surface area contributed by atoms with Crippen LogP contribution >= 0.6 is 0 Å². The Morgan fingerprint density at radius 2 is 1.68 bits per heavy atom. The molecule has 1 aromatic rings. The standard InChI is InChI=1S/C9H11N.C8H16O2.C2H6/c1-7-3-5-9(6-4-7)8(2)10;1-3-4-5-6-7-10-8(2)9;1-2/h3-6H,2,10H2,1H3;3-7H2,1-2H3;1-2H3. The molecule has 0 saturated heterocycles. The van der Waals surface area contributed by atoms with Crippen molar-refractivity contribution in [3.05, 3.63) is 42.0 Å². The average Bonchev–Trinajstić information content (AvgIpc) is 2.50. The number of unbranched alkanes of at least 4 members (excludes halogenated alkanes) is 3. The molecule has 3 nitrogen and oxygen atoms in total. The van der Waals surface area contributed by atoms with Crippen LogP contribution in [-0.2, 0) is 9.53 Å². The summed E-state index contributed by atoms with van der Waals surface area (Å²) in [6, 6.07) is 7.98. The Bertz CT molecular complexity index is 396. The number of rotatable bonds is 6. The molecule has 1 aromatic carbocycles.